The zero-order valence-electron chi connectivity index (χ0n) is 16.1. The second-order valence-corrected chi connectivity index (χ2v) is 6.87. The Balaban J connectivity index is 2.60. The van der Waals surface area contributed by atoms with E-state index in [0.717, 1.165) is 24.0 Å². The zero-order valence-corrected chi connectivity index (χ0v) is 16.1. The zero-order chi connectivity index (χ0) is 18.6. The van der Waals surface area contributed by atoms with Gasteiger partial charge in [0.05, 0.1) is 0 Å². The van der Waals surface area contributed by atoms with E-state index in [4.69, 9.17) is 5.73 Å². The summed E-state index contributed by atoms with van der Waals surface area (Å²) in [5.74, 6) is 0.233. The number of rotatable bonds is 6. The molecule has 0 bridgehead atoms. The predicted molar refractivity (Wildman–Crippen MR) is 113 cm³/mol. The van der Waals surface area contributed by atoms with Gasteiger partial charge in [-0.25, -0.2) is 0 Å². The summed E-state index contributed by atoms with van der Waals surface area (Å²) in [5, 5.41) is 0. The van der Waals surface area contributed by atoms with Crippen LogP contribution < -0.4 is 5.73 Å². The minimum atomic E-state index is 0.137. The van der Waals surface area contributed by atoms with Crippen molar-refractivity contribution in [2.24, 2.45) is 11.7 Å². The van der Waals surface area contributed by atoms with Gasteiger partial charge in [0, 0.05) is 12.0 Å². The van der Waals surface area contributed by atoms with Gasteiger partial charge in [-0.2, -0.15) is 0 Å². The molecule has 2 N–H and O–H groups in total. The van der Waals surface area contributed by atoms with E-state index >= 15 is 0 Å². The Morgan fingerprint density at radius 1 is 1.28 bits per heavy atom. The molecule has 0 radical (unpaired) electrons. The number of allylic oxidation sites excluding steroid dienone is 4. The first-order valence-electron chi connectivity index (χ1n) is 9.19. The molecule has 0 amide bonds. The summed E-state index contributed by atoms with van der Waals surface area (Å²) in [6.45, 7) is 17.0. The normalized spacial score (nSPS) is 19.3. The maximum absolute atomic E-state index is 6.43. The van der Waals surface area contributed by atoms with Crippen molar-refractivity contribution in [2.45, 2.75) is 46.6 Å². The first-order valence-corrected chi connectivity index (χ1v) is 9.19. The van der Waals surface area contributed by atoms with Gasteiger partial charge in [-0.05, 0) is 66.2 Å². The van der Waals surface area contributed by atoms with Crippen LogP contribution in [0.1, 0.15) is 57.2 Å². The third kappa shape index (κ3) is 3.77. The molecular formula is C24H31N. The fourth-order valence-electron chi connectivity index (χ4n) is 3.80. The molecule has 1 nitrogen and oxygen atoms in total. The lowest BCUT2D eigenvalue weighted by Gasteiger charge is -2.31. The SMILES string of the molecule is C=Cc1cccc(C2=C(C)C(=C)C(C(N)CCC)C=C2C)c1/C=C\C. The van der Waals surface area contributed by atoms with Gasteiger partial charge in [0.25, 0.3) is 0 Å². The molecule has 1 heteroatoms. The Kier molecular flexibility index (Phi) is 6.39. The molecule has 0 aromatic heterocycles. The number of nitrogens with two attached hydrogens (primary N) is 1. The van der Waals surface area contributed by atoms with Crippen molar-refractivity contribution < 1.29 is 0 Å². The van der Waals surface area contributed by atoms with Crippen molar-refractivity contribution in [2.75, 3.05) is 0 Å². The quantitative estimate of drug-likeness (QED) is 0.641. The minimum absolute atomic E-state index is 0.137. The topological polar surface area (TPSA) is 26.0 Å². The third-order valence-electron chi connectivity index (χ3n) is 5.13. The second kappa shape index (κ2) is 8.31. The lowest BCUT2D eigenvalue weighted by molar-refractivity contribution is 0.516. The fourth-order valence-corrected chi connectivity index (χ4v) is 3.80. The van der Waals surface area contributed by atoms with Crippen LogP contribution in [-0.4, -0.2) is 6.04 Å². The van der Waals surface area contributed by atoms with Gasteiger partial charge in [0.15, 0.2) is 0 Å². The molecule has 132 valence electrons. The van der Waals surface area contributed by atoms with Gasteiger partial charge >= 0.3 is 0 Å². The van der Waals surface area contributed by atoms with E-state index in [1.54, 1.807) is 0 Å². The van der Waals surface area contributed by atoms with Crippen molar-refractivity contribution in [1.29, 1.82) is 0 Å². The van der Waals surface area contributed by atoms with Crippen molar-refractivity contribution in [3.05, 3.63) is 76.9 Å². The summed E-state index contributed by atoms with van der Waals surface area (Å²) < 4.78 is 0. The number of benzene rings is 1. The van der Waals surface area contributed by atoms with Crippen LogP contribution in [0.5, 0.6) is 0 Å². The van der Waals surface area contributed by atoms with Crippen LogP contribution in [0.3, 0.4) is 0 Å². The van der Waals surface area contributed by atoms with Crippen LogP contribution in [0.4, 0.5) is 0 Å². The predicted octanol–water partition coefficient (Wildman–Crippen LogP) is 6.40. The Bertz CT molecular complexity index is 758. The average Bonchev–Trinajstić information content (AvgIpc) is 2.59. The molecule has 0 fully saturated rings. The molecule has 1 aliphatic carbocycles. The Hall–Kier alpha value is -2.12. The summed E-state index contributed by atoms with van der Waals surface area (Å²) in [6, 6.07) is 6.54. The highest BCUT2D eigenvalue weighted by Crippen LogP contribution is 2.41. The van der Waals surface area contributed by atoms with E-state index in [0.29, 0.717) is 0 Å². The van der Waals surface area contributed by atoms with Crippen LogP contribution >= 0.6 is 0 Å². The smallest absolute Gasteiger partial charge is 0.0172 e. The largest absolute Gasteiger partial charge is 0.327 e. The maximum atomic E-state index is 6.43. The minimum Gasteiger partial charge on any atom is -0.327 e. The molecule has 0 aliphatic heterocycles. The van der Waals surface area contributed by atoms with Crippen molar-refractivity contribution >= 4 is 17.7 Å². The second-order valence-electron chi connectivity index (χ2n) is 6.87. The van der Waals surface area contributed by atoms with Crippen molar-refractivity contribution in [1.82, 2.24) is 0 Å². The van der Waals surface area contributed by atoms with Gasteiger partial charge in [-0.15, -0.1) is 0 Å². The molecule has 0 saturated heterocycles. The van der Waals surface area contributed by atoms with Crippen LogP contribution in [0.25, 0.3) is 17.7 Å². The van der Waals surface area contributed by atoms with E-state index in [-0.39, 0.29) is 12.0 Å². The van der Waals surface area contributed by atoms with Gasteiger partial charge in [-0.1, -0.05) is 69.0 Å². The van der Waals surface area contributed by atoms with Gasteiger partial charge in [-0.3, -0.25) is 0 Å². The summed E-state index contributed by atoms with van der Waals surface area (Å²) >= 11 is 0. The summed E-state index contributed by atoms with van der Waals surface area (Å²) in [6.07, 6.45) is 10.6. The molecule has 0 heterocycles. The van der Waals surface area contributed by atoms with Crippen LogP contribution in [-0.2, 0) is 0 Å². The Morgan fingerprint density at radius 3 is 2.60 bits per heavy atom. The molecule has 1 aromatic carbocycles. The molecule has 1 aromatic rings. The van der Waals surface area contributed by atoms with E-state index < -0.39 is 0 Å². The summed E-state index contributed by atoms with van der Waals surface area (Å²) in [4.78, 5) is 0. The highest BCUT2D eigenvalue weighted by Gasteiger charge is 2.27. The van der Waals surface area contributed by atoms with Crippen LogP contribution in [0, 0.1) is 5.92 Å². The van der Waals surface area contributed by atoms with E-state index in [1.807, 2.05) is 13.0 Å². The van der Waals surface area contributed by atoms with Gasteiger partial charge < -0.3 is 5.73 Å². The fraction of sp³-hybridized carbons (Fsp3) is 0.333. The highest BCUT2D eigenvalue weighted by molar-refractivity contribution is 5.90. The van der Waals surface area contributed by atoms with Crippen molar-refractivity contribution in [3.8, 4) is 0 Å². The number of hydrogen-bond acceptors (Lipinski definition) is 1. The third-order valence-corrected chi connectivity index (χ3v) is 5.13. The maximum Gasteiger partial charge on any atom is 0.0172 e. The monoisotopic (exact) mass is 333 g/mol. The highest BCUT2D eigenvalue weighted by atomic mass is 14.6. The standard InChI is InChI=1S/C24H31N/c1-7-11-20-19(9-3)13-10-14-21(20)24-16(4)15-22(17(5)18(24)6)23(25)12-8-2/h7,9-11,13-15,22-23H,3,5,8,12,25H2,1-2,4,6H3/b11-7-. The average molecular weight is 334 g/mol. The molecule has 1 aliphatic rings. The number of hydrogen-bond donors (Lipinski definition) is 1. The Morgan fingerprint density at radius 2 is 2.00 bits per heavy atom. The van der Waals surface area contributed by atoms with E-state index in [2.05, 4.69) is 70.4 Å². The van der Waals surface area contributed by atoms with Crippen LogP contribution in [0.2, 0.25) is 0 Å². The molecule has 2 unspecified atom stereocenters. The molecule has 0 saturated carbocycles. The molecule has 2 atom stereocenters. The van der Waals surface area contributed by atoms with Gasteiger partial charge in [0.2, 0.25) is 0 Å². The molecular weight excluding hydrogens is 302 g/mol. The first-order chi connectivity index (χ1) is 12.0. The lowest BCUT2D eigenvalue weighted by Crippen LogP contribution is -2.31. The van der Waals surface area contributed by atoms with Crippen molar-refractivity contribution in [3.63, 3.8) is 0 Å². The Labute approximate surface area is 153 Å². The van der Waals surface area contributed by atoms with E-state index in [9.17, 15) is 0 Å². The first kappa shape index (κ1) is 19.2. The lowest BCUT2D eigenvalue weighted by atomic mass is 9.75. The summed E-state index contributed by atoms with van der Waals surface area (Å²) in [7, 11) is 0. The summed E-state index contributed by atoms with van der Waals surface area (Å²) in [5.41, 5.74) is 15.0. The van der Waals surface area contributed by atoms with Gasteiger partial charge in [0.1, 0.15) is 0 Å². The molecule has 0 spiro atoms. The molecule has 25 heavy (non-hydrogen) atoms. The van der Waals surface area contributed by atoms with Crippen LogP contribution in [0.15, 0.2) is 60.2 Å². The molecule has 2 rings (SSSR count). The van der Waals surface area contributed by atoms with E-state index in [1.165, 1.54) is 27.8 Å².